The Balaban J connectivity index is 1.65. The van der Waals surface area contributed by atoms with Crippen LogP contribution in [-0.4, -0.2) is 47.2 Å². The van der Waals surface area contributed by atoms with E-state index in [2.05, 4.69) is 4.90 Å². The van der Waals surface area contributed by atoms with Gasteiger partial charge in [-0.2, -0.15) is 5.01 Å². The predicted octanol–water partition coefficient (Wildman–Crippen LogP) is 2.16. The van der Waals surface area contributed by atoms with Crippen molar-refractivity contribution in [3.63, 3.8) is 0 Å². The number of anilines is 1. The van der Waals surface area contributed by atoms with E-state index in [0.717, 1.165) is 13.1 Å². The summed E-state index contributed by atoms with van der Waals surface area (Å²) in [7, 11) is 0. The SMILES string of the molecule is O=[N+]([O-])N(c1ccccc1)N1CCN(C2CCCC2)CC1. The Morgan fingerprint density at radius 3 is 2.24 bits per heavy atom. The first-order chi connectivity index (χ1) is 10.3. The number of hydrazine groups is 2. The number of hydrogen-bond acceptors (Lipinski definition) is 4. The van der Waals surface area contributed by atoms with E-state index < -0.39 is 0 Å². The quantitative estimate of drug-likeness (QED) is 0.628. The van der Waals surface area contributed by atoms with Crippen LogP contribution < -0.4 is 5.12 Å². The van der Waals surface area contributed by atoms with Crippen molar-refractivity contribution in [2.75, 3.05) is 31.3 Å². The second-order valence-electron chi connectivity index (χ2n) is 5.79. The molecule has 0 amide bonds. The molecule has 0 spiro atoms. The van der Waals surface area contributed by atoms with Crippen molar-refractivity contribution in [1.29, 1.82) is 0 Å². The molecule has 0 N–H and O–H groups in total. The summed E-state index contributed by atoms with van der Waals surface area (Å²) in [6, 6.07) is 9.81. The molecule has 1 aliphatic heterocycles. The molecule has 0 bridgehead atoms. The molecule has 1 saturated carbocycles. The molecule has 1 saturated heterocycles. The minimum atomic E-state index is -0.319. The molecule has 114 valence electrons. The molecule has 0 unspecified atom stereocenters. The van der Waals surface area contributed by atoms with Crippen LogP contribution in [-0.2, 0) is 0 Å². The van der Waals surface area contributed by atoms with Gasteiger partial charge >= 0.3 is 0 Å². The van der Waals surface area contributed by atoms with Crippen molar-refractivity contribution < 1.29 is 5.03 Å². The van der Waals surface area contributed by atoms with Crippen LogP contribution in [0, 0.1) is 10.1 Å². The van der Waals surface area contributed by atoms with Crippen LogP contribution in [0.5, 0.6) is 0 Å². The highest BCUT2D eigenvalue weighted by atomic mass is 16.7. The van der Waals surface area contributed by atoms with Crippen LogP contribution in [0.25, 0.3) is 0 Å². The van der Waals surface area contributed by atoms with Gasteiger partial charge in [-0.1, -0.05) is 31.0 Å². The number of hydrogen-bond donors (Lipinski definition) is 0. The van der Waals surface area contributed by atoms with Gasteiger partial charge < -0.3 is 0 Å². The largest absolute Gasteiger partial charge is 0.298 e. The molecule has 1 heterocycles. The third kappa shape index (κ3) is 3.16. The Hall–Kier alpha value is -1.66. The Labute approximate surface area is 125 Å². The fourth-order valence-corrected chi connectivity index (χ4v) is 3.46. The van der Waals surface area contributed by atoms with E-state index >= 15 is 0 Å². The monoisotopic (exact) mass is 290 g/mol. The number of piperazine rings is 1. The summed E-state index contributed by atoms with van der Waals surface area (Å²) in [6.45, 7) is 3.27. The second kappa shape index (κ2) is 6.41. The average Bonchev–Trinajstić information content (AvgIpc) is 3.03. The number of nitro groups is 1. The van der Waals surface area contributed by atoms with E-state index in [0.29, 0.717) is 24.8 Å². The predicted molar refractivity (Wildman–Crippen MR) is 81.3 cm³/mol. The standard InChI is InChI=1S/C15H22N4O2/c20-19(21)18(15-8-2-1-3-9-15)17-12-10-16(11-13-17)14-6-4-5-7-14/h1-3,8-9,14H,4-7,10-13H2. The van der Waals surface area contributed by atoms with Crippen LogP contribution in [0.1, 0.15) is 25.7 Å². The molecule has 0 radical (unpaired) electrons. The molecule has 3 rings (SSSR count). The zero-order valence-electron chi connectivity index (χ0n) is 12.2. The van der Waals surface area contributed by atoms with Crippen LogP contribution in [0.4, 0.5) is 5.69 Å². The number of nitrogens with zero attached hydrogens (tertiary/aromatic N) is 4. The molecule has 2 aliphatic rings. The molecule has 0 aromatic heterocycles. The topological polar surface area (TPSA) is 52.9 Å². The van der Waals surface area contributed by atoms with E-state index in [4.69, 9.17) is 0 Å². The van der Waals surface area contributed by atoms with Gasteiger partial charge in [0.05, 0.1) is 0 Å². The highest BCUT2D eigenvalue weighted by Crippen LogP contribution is 2.25. The summed E-state index contributed by atoms with van der Waals surface area (Å²) < 4.78 is 0. The molecule has 6 heteroatoms. The molecular formula is C15H22N4O2. The van der Waals surface area contributed by atoms with Gasteiger partial charge in [-0.3, -0.25) is 4.90 Å². The summed E-state index contributed by atoms with van der Waals surface area (Å²) in [4.78, 5) is 13.9. The van der Waals surface area contributed by atoms with Gasteiger partial charge in [0, 0.05) is 32.2 Å². The van der Waals surface area contributed by atoms with Crippen molar-refractivity contribution in [1.82, 2.24) is 9.91 Å². The fraction of sp³-hybridized carbons (Fsp3) is 0.600. The minimum absolute atomic E-state index is 0.319. The van der Waals surface area contributed by atoms with Crippen molar-refractivity contribution >= 4 is 5.69 Å². The highest BCUT2D eigenvalue weighted by molar-refractivity contribution is 5.42. The number of benzene rings is 1. The molecule has 1 aromatic carbocycles. The maximum absolute atomic E-state index is 11.4. The maximum atomic E-state index is 11.4. The first-order valence-corrected chi connectivity index (χ1v) is 7.74. The van der Waals surface area contributed by atoms with Crippen LogP contribution in [0.2, 0.25) is 0 Å². The molecule has 6 nitrogen and oxygen atoms in total. The summed E-state index contributed by atoms with van der Waals surface area (Å²) in [5.41, 5.74) is 0.622. The number of rotatable bonds is 4. The lowest BCUT2D eigenvalue weighted by atomic mass is 10.2. The minimum Gasteiger partial charge on any atom is -0.298 e. The zero-order valence-corrected chi connectivity index (χ0v) is 12.2. The summed E-state index contributed by atoms with van der Waals surface area (Å²) >= 11 is 0. The smallest absolute Gasteiger partial charge is 0.181 e. The molecular weight excluding hydrogens is 268 g/mol. The second-order valence-corrected chi connectivity index (χ2v) is 5.79. The lowest BCUT2D eigenvalue weighted by Crippen LogP contribution is -2.57. The number of para-hydroxylation sites is 1. The normalized spacial score (nSPS) is 21.5. The third-order valence-corrected chi connectivity index (χ3v) is 4.54. The summed E-state index contributed by atoms with van der Waals surface area (Å²) in [5, 5.41) is 14.1. The lowest BCUT2D eigenvalue weighted by molar-refractivity contribution is -0.524. The van der Waals surface area contributed by atoms with Gasteiger partial charge in [-0.05, 0) is 30.1 Å². The van der Waals surface area contributed by atoms with E-state index in [1.807, 2.05) is 23.2 Å². The molecule has 1 aromatic rings. The zero-order chi connectivity index (χ0) is 14.7. The van der Waals surface area contributed by atoms with E-state index in [1.165, 1.54) is 30.8 Å². The summed E-state index contributed by atoms with van der Waals surface area (Å²) in [5.74, 6) is 0. The Morgan fingerprint density at radius 1 is 1.05 bits per heavy atom. The van der Waals surface area contributed by atoms with Gasteiger partial charge in [0.15, 0.2) is 5.03 Å². The van der Waals surface area contributed by atoms with Crippen molar-refractivity contribution in [2.24, 2.45) is 0 Å². The third-order valence-electron chi connectivity index (χ3n) is 4.54. The van der Waals surface area contributed by atoms with Crippen molar-refractivity contribution in [2.45, 2.75) is 31.7 Å². The lowest BCUT2D eigenvalue weighted by Gasteiger charge is -2.39. The van der Waals surface area contributed by atoms with Crippen LogP contribution in [0.15, 0.2) is 30.3 Å². The Bertz CT molecular complexity index is 468. The van der Waals surface area contributed by atoms with Gasteiger partial charge in [-0.15, -0.1) is 0 Å². The first-order valence-electron chi connectivity index (χ1n) is 7.74. The van der Waals surface area contributed by atoms with Gasteiger partial charge in [0.25, 0.3) is 0 Å². The Kier molecular flexibility index (Phi) is 4.36. The van der Waals surface area contributed by atoms with Crippen molar-refractivity contribution in [3.05, 3.63) is 40.4 Å². The molecule has 21 heavy (non-hydrogen) atoms. The molecule has 2 fully saturated rings. The van der Waals surface area contributed by atoms with E-state index in [1.54, 1.807) is 12.1 Å². The van der Waals surface area contributed by atoms with E-state index in [-0.39, 0.29) is 5.03 Å². The average molecular weight is 290 g/mol. The van der Waals surface area contributed by atoms with Gasteiger partial charge in [0.1, 0.15) is 5.69 Å². The first kappa shape index (κ1) is 14.3. The highest BCUT2D eigenvalue weighted by Gasteiger charge is 2.32. The molecule has 0 atom stereocenters. The van der Waals surface area contributed by atoms with Crippen LogP contribution in [0.3, 0.4) is 0 Å². The van der Waals surface area contributed by atoms with E-state index in [9.17, 15) is 10.1 Å². The Morgan fingerprint density at radius 2 is 1.67 bits per heavy atom. The van der Waals surface area contributed by atoms with Crippen LogP contribution >= 0.6 is 0 Å². The van der Waals surface area contributed by atoms with Gasteiger partial charge in [0.2, 0.25) is 0 Å². The van der Waals surface area contributed by atoms with Crippen molar-refractivity contribution in [3.8, 4) is 0 Å². The van der Waals surface area contributed by atoms with Gasteiger partial charge in [-0.25, -0.2) is 10.1 Å². The maximum Gasteiger partial charge on any atom is 0.181 e. The molecule has 1 aliphatic carbocycles. The fourth-order valence-electron chi connectivity index (χ4n) is 3.46. The summed E-state index contributed by atoms with van der Waals surface area (Å²) in [6.07, 6.45) is 5.24.